The van der Waals surface area contributed by atoms with Crippen molar-refractivity contribution in [3.63, 3.8) is 0 Å². The SMILES string of the molecule is CSCC[C@H](NC(=O)[C@H](Cc1ccc(O)cc1)NC(=O)[C@H](CO)NC(=O)[C@@H](NC(=O)[C@H](CO)NC(=O)[C@H](CO)NC(=O)[C@H](CO)NC(=O)[C@H](C)NC(=O)[C@@H](N)CO)C(C)C)C(=O)N[C@@H](CC(N)=O)C(=O)O. The molecule has 0 radical (unpaired) electrons. The van der Waals surface area contributed by atoms with Gasteiger partial charge in [0.25, 0.3) is 0 Å². The van der Waals surface area contributed by atoms with Crippen LogP contribution < -0.4 is 59.3 Å². The van der Waals surface area contributed by atoms with Crippen LogP contribution in [0.2, 0.25) is 0 Å². The third kappa shape index (κ3) is 21.5. The monoisotopic (exact) mass is 1030 g/mol. The van der Waals surface area contributed by atoms with Crippen molar-refractivity contribution in [1.29, 1.82) is 0 Å². The molecule has 0 saturated heterocycles. The van der Waals surface area contributed by atoms with Crippen LogP contribution in [0.15, 0.2) is 24.3 Å². The maximum atomic E-state index is 13.8. The number of nitrogens with two attached hydrogens (primary N) is 2. The number of carboxylic acids is 1. The predicted molar refractivity (Wildman–Crippen MR) is 248 cm³/mol. The Labute approximate surface area is 410 Å². The van der Waals surface area contributed by atoms with E-state index in [-0.39, 0.29) is 24.3 Å². The molecule has 71 heavy (non-hydrogen) atoms. The predicted octanol–water partition coefficient (Wildman–Crippen LogP) is -9.02. The average molecular weight is 1030 g/mol. The molecule has 0 heterocycles. The topological polar surface area (TPSA) is 490 Å². The molecule has 398 valence electrons. The largest absolute Gasteiger partial charge is 0.508 e. The summed E-state index contributed by atoms with van der Waals surface area (Å²) in [5, 5.41) is 88.1. The first-order valence-corrected chi connectivity index (χ1v) is 23.1. The van der Waals surface area contributed by atoms with E-state index in [1.807, 2.05) is 5.32 Å². The van der Waals surface area contributed by atoms with Gasteiger partial charge in [-0.25, -0.2) is 4.79 Å². The number of hydrogen-bond donors (Lipinski definition) is 18. The van der Waals surface area contributed by atoms with E-state index in [1.54, 1.807) is 6.26 Å². The Hall–Kier alpha value is -6.70. The highest BCUT2D eigenvalue weighted by atomic mass is 32.2. The minimum absolute atomic E-state index is 0.0568. The molecule has 1 rings (SSSR count). The maximum absolute atomic E-state index is 13.8. The van der Waals surface area contributed by atoms with Crippen LogP contribution in [0.4, 0.5) is 0 Å². The first kappa shape index (κ1) is 62.3. The number of rotatable bonds is 32. The molecule has 1 aromatic rings. The molecule has 10 amide bonds. The summed E-state index contributed by atoms with van der Waals surface area (Å²) in [4.78, 5) is 141. The minimum atomic E-state index is -1.86. The number of phenolic OH excluding ortho intramolecular Hbond substituents is 1. The van der Waals surface area contributed by atoms with Crippen LogP contribution in [-0.2, 0) is 59.2 Å². The van der Waals surface area contributed by atoms with Crippen LogP contribution in [0.5, 0.6) is 5.75 Å². The molecular weight excluding hydrogens is 967 g/mol. The zero-order valence-electron chi connectivity index (χ0n) is 39.2. The summed E-state index contributed by atoms with van der Waals surface area (Å²) < 4.78 is 0. The molecule has 0 unspecified atom stereocenters. The van der Waals surface area contributed by atoms with Gasteiger partial charge in [0, 0.05) is 6.42 Å². The van der Waals surface area contributed by atoms with Gasteiger partial charge in [-0.3, -0.25) is 47.9 Å². The minimum Gasteiger partial charge on any atom is -0.508 e. The van der Waals surface area contributed by atoms with E-state index in [2.05, 4.69) is 42.5 Å². The molecule has 0 aliphatic carbocycles. The van der Waals surface area contributed by atoms with Crippen molar-refractivity contribution in [3.8, 4) is 5.75 Å². The van der Waals surface area contributed by atoms with E-state index >= 15 is 0 Å². The third-order valence-corrected chi connectivity index (χ3v) is 10.7. The van der Waals surface area contributed by atoms with Gasteiger partial charge in [-0.2, -0.15) is 11.8 Å². The molecule has 0 fully saturated rings. The maximum Gasteiger partial charge on any atom is 0.326 e. The number of aromatic hydroxyl groups is 1. The number of carboxylic acid groups (broad SMARTS) is 1. The van der Waals surface area contributed by atoms with E-state index in [1.165, 1.54) is 56.8 Å². The molecule has 0 spiro atoms. The Morgan fingerprint density at radius 1 is 0.521 bits per heavy atom. The summed E-state index contributed by atoms with van der Waals surface area (Å²) in [7, 11) is 0. The van der Waals surface area contributed by atoms with Crippen LogP contribution in [0.3, 0.4) is 0 Å². The number of aliphatic carboxylic acids is 1. The second kappa shape index (κ2) is 31.5. The highest BCUT2D eigenvalue weighted by Crippen LogP contribution is 2.13. The van der Waals surface area contributed by atoms with Crippen LogP contribution in [0, 0.1) is 5.92 Å². The number of aliphatic hydroxyl groups is 5. The van der Waals surface area contributed by atoms with Gasteiger partial charge in [0.15, 0.2) is 0 Å². The second-order valence-electron chi connectivity index (χ2n) is 16.1. The quantitative estimate of drug-likeness (QED) is 0.0319. The van der Waals surface area contributed by atoms with Crippen LogP contribution in [-0.4, -0.2) is 206 Å². The molecule has 0 aromatic heterocycles. The smallest absolute Gasteiger partial charge is 0.326 e. The molecule has 20 N–H and O–H groups in total. The molecule has 10 atom stereocenters. The van der Waals surface area contributed by atoms with Gasteiger partial charge in [0.2, 0.25) is 59.1 Å². The summed E-state index contributed by atoms with van der Waals surface area (Å²) in [6.45, 7) is -1.00. The summed E-state index contributed by atoms with van der Waals surface area (Å²) in [6.07, 6.45) is 0.563. The molecule has 30 heteroatoms. The van der Waals surface area contributed by atoms with E-state index in [9.17, 15) is 83.4 Å². The molecule has 0 saturated carbocycles. The Bertz CT molecular complexity index is 2020. The van der Waals surface area contributed by atoms with Gasteiger partial charge in [0.1, 0.15) is 66.2 Å². The van der Waals surface area contributed by atoms with Crippen molar-refractivity contribution >= 4 is 76.8 Å². The zero-order valence-corrected chi connectivity index (χ0v) is 40.0. The molecular formula is C41H65N11O18S. The van der Waals surface area contributed by atoms with Gasteiger partial charge in [-0.15, -0.1) is 0 Å². The Morgan fingerprint density at radius 2 is 0.915 bits per heavy atom. The molecule has 1 aromatic carbocycles. The molecule has 0 aliphatic heterocycles. The number of phenols is 1. The standard InChI is InChI=1S/C41H65N11O18S/c1-18(2)31(52-39(67)29(17-57)50-38(66)27(15-55)49-37(65)26(14-54)48-32(60)19(3)44-33(61)22(42)13-53)40(68)51-28(16-56)36(64)46-24(11-20-5-7-21(58)8-6-20)35(63)45-23(9-10-71-4)34(62)47-25(41(69)70)12-30(43)59/h5-8,18-19,22-29,31,53-58H,9-17,42H2,1-4H3,(H2,43,59)(H,44,61)(H,45,63)(H,46,64)(H,47,62)(H,48,60)(H,49,65)(H,50,66)(H,51,68)(H,52,67)(H,69,70)/t19-,22-,23-,24-,25-,26-,27-,28-,29-,31-/m0/s1. The summed E-state index contributed by atoms with van der Waals surface area (Å²) in [5.74, 6) is -13.1. The van der Waals surface area contributed by atoms with Crippen molar-refractivity contribution in [2.45, 2.75) is 100 Å². The number of primary amides is 1. The van der Waals surface area contributed by atoms with Gasteiger partial charge < -0.3 is 95.1 Å². The second-order valence-corrected chi connectivity index (χ2v) is 17.1. The summed E-state index contributed by atoms with van der Waals surface area (Å²) in [5.41, 5.74) is 10.9. The van der Waals surface area contributed by atoms with Gasteiger partial charge in [-0.1, -0.05) is 26.0 Å². The molecule has 0 aliphatic rings. The first-order chi connectivity index (χ1) is 33.4. The number of carbonyl (C=O) groups is 11. The van der Waals surface area contributed by atoms with Crippen molar-refractivity contribution in [2.24, 2.45) is 17.4 Å². The Morgan fingerprint density at radius 3 is 1.34 bits per heavy atom. The number of aliphatic hydroxyl groups excluding tert-OH is 5. The number of benzene rings is 1. The summed E-state index contributed by atoms with van der Waals surface area (Å²) in [6, 6.07) is -10.9. The summed E-state index contributed by atoms with van der Waals surface area (Å²) >= 11 is 1.27. The van der Waals surface area contributed by atoms with Gasteiger partial charge >= 0.3 is 5.97 Å². The lowest BCUT2D eigenvalue weighted by molar-refractivity contribution is -0.143. The van der Waals surface area contributed by atoms with E-state index in [0.717, 1.165) is 0 Å². The number of thioether (sulfide) groups is 1. The fourth-order valence-corrected chi connectivity index (χ4v) is 6.41. The highest BCUT2D eigenvalue weighted by Gasteiger charge is 2.36. The number of hydrogen-bond acceptors (Lipinski definition) is 19. The van der Waals surface area contributed by atoms with Crippen LogP contribution >= 0.6 is 11.8 Å². The van der Waals surface area contributed by atoms with E-state index < -0.39 is 171 Å². The fraction of sp³-hybridized carbons (Fsp3) is 0.585. The van der Waals surface area contributed by atoms with E-state index in [4.69, 9.17) is 16.6 Å². The van der Waals surface area contributed by atoms with Gasteiger partial charge in [-0.05, 0) is 49.0 Å². The number of amides is 10. The molecule has 0 bridgehead atoms. The average Bonchev–Trinajstić information content (AvgIpc) is 3.32. The first-order valence-electron chi connectivity index (χ1n) is 21.7. The number of nitrogens with one attached hydrogen (secondary N) is 9. The van der Waals surface area contributed by atoms with Crippen molar-refractivity contribution in [1.82, 2.24) is 47.9 Å². The third-order valence-electron chi connectivity index (χ3n) is 10.1. The molecule has 29 nitrogen and oxygen atoms in total. The Balaban J connectivity index is 3.22. The van der Waals surface area contributed by atoms with E-state index in [0.29, 0.717) is 5.56 Å². The number of carbonyl (C=O) groups excluding carboxylic acids is 10. The van der Waals surface area contributed by atoms with Crippen LogP contribution in [0.1, 0.15) is 39.2 Å². The lowest BCUT2D eigenvalue weighted by atomic mass is 10.0. The Kier molecular flexibility index (Phi) is 27.7. The van der Waals surface area contributed by atoms with Crippen molar-refractivity contribution < 1.29 is 88.5 Å². The van der Waals surface area contributed by atoms with Crippen molar-refractivity contribution in [2.75, 3.05) is 45.0 Å². The highest BCUT2D eigenvalue weighted by molar-refractivity contribution is 7.98. The lowest BCUT2D eigenvalue weighted by Crippen LogP contribution is -2.62. The van der Waals surface area contributed by atoms with Gasteiger partial charge in [0.05, 0.1) is 39.5 Å². The van der Waals surface area contributed by atoms with Crippen molar-refractivity contribution in [3.05, 3.63) is 29.8 Å². The zero-order chi connectivity index (χ0) is 54.1. The fourth-order valence-electron chi connectivity index (χ4n) is 5.94. The van der Waals surface area contributed by atoms with Crippen LogP contribution in [0.25, 0.3) is 0 Å². The normalized spacial score (nSPS) is 15.3. The lowest BCUT2D eigenvalue weighted by Gasteiger charge is -2.28.